The van der Waals surface area contributed by atoms with Crippen molar-refractivity contribution in [3.63, 3.8) is 0 Å². The van der Waals surface area contributed by atoms with Crippen molar-refractivity contribution in [2.75, 3.05) is 26.5 Å². The number of nitrogens with two attached hydrogens (primary N) is 1. The van der Waals surface area contributed by atoms with E-state index < -0.39 is 0 Å². The molecule has 0 aliphatic heterocycles. The van der Waals surface area contributed by atoms with Crippen LogP contribution >= 0.6 is 0 Å². The summed E-state index contributed by atoms with van der Waals surface area (Å²) in [6.45, 7) is 5.08. The molecule has 1 saturated carbocycles. The van der Waals surface area contributed by atoms with Crippen LogP contribution in [0.15, 0.2) is 12.1 Å². The second kappa shape index (κ2) is 5.84. The van der Waals surface area contributed by atoms with E-state index in [2.05, 4.69) is 19.2 Å². The smallest absolute Gasteiger partial charge is 0.253 e. The molecular weight excluding hydrogens is 268 g/mol. The summed E-state index contributed by atoms with van der Waals surface area (Å²) in [5.74, 6) is 1.38. The van der Waals surface area contributed by atoms with E-state index in [1.807, 2.05) is 0 Å². The monoisotopic (exact) mass is 292 g/mol. The molecule has 5 heteroatoms. The van der Waals surface area contributed by atoms with E-state index in [1.54, 1.807) is 19.2 Å². The molecule has 0 unspecified atom stereocenters. The molecule has 0 heterocycles. The number of anilines is 1. The molecule has 1 aliphatic carbocycles. The van der Waals surface area contributed by atoms with Gasteiger partial charge >= 0.3 is 0 Å². The number of carbonyl (C=O) groups is 1. The molecule has 5 nitrogen and oxygen atoms in total. The molecule has 1 amide bonds. The zero-order chi connectivity index (χ0) is 15.6. The SMILES string of the molecule is COc1cc(OC)c(N)c(C(=O)NCC2(C(C)C)CC2)c1. The van der Waals surface area contributed by atoms with Gasteiger partial charge in [-0.2, -0.15) is 0 Å². The summed E-state index contributed by atoms with van der Waals surface area (Å²) in [5.41, 5.74) is 6.98. The number of ether oxygens (including phenoxy) is 2. The number of nitrogens with one attached hydrogen (secondary N) is 1. The lowest BCUT2D eigenvalue weighted by atomic mass is 9.92. The third kappa shape index (κ3) is 3.06. The van der Waals surface area contributed by atoms with Gasteiger partial charge in [-0.3, -0.25) is 4.79 Å². The third-order valence-corrected chi connectivity index (χ3v) is 4.53. The highest BCUT2D eigenvalue weighted by atomic mass is 16.5. The topological polar surface area (TPSA) is 73.6 Å². The van der Waals surface area contributed by atoms with Gasteiger partial charge in [0.1, 0.15) is 11.5 Å². The first-order chi connectivity index (χ1) is 9.93. The van der Waals surface area contributed by atoms with Crippen molar-refractivity contribution in [3.05, 3.63) is 17.7 Å². The van der Waals surface area contributed by atoms with E-state index in [9.17, 15) is 4.79 Å². The van der Waals surface area contributed by atoms with Crippen LogP contribution in [0.4, 0.5) is 5.69 Å². The summed E-state index contributed by atoms with van der Waals surface area (Å²) in [5, 5.41) is 3.00. The van der Waals surface area contributed by atoms with Crippen LogP contribution in [-0.4, -0.2) is 26.7 Å². The highest BCUT2D eigenvalue weighted by Gasteiger charge is 2.45. The summed E-state index contributed by atoms with van der Waals surface area (Å²) >= 11 is 0. The molecule has 21 heavy (non-hydrogen) atoms. The van der Waals surface area contributed by atoms with Crippen LogP contribution in [0.25, 0.3) is 0 Å². The maximum Gasteiger partial charge on any atom is 0.253 e. The summed E-state index contributed by atoms with van der Waals surface area (Å²) in [7, 11) is 3.06. The molecule has 1 aliphatic rings. The summed E-state index contributed by atoms with van der Waals surface area (Å²) < 4.78 is 10.4. The summed E-state index contributed by atoms with van der Waals surface area (Å²) in [6, 6.07) is 3.31. The molecule has 116 valence electrons. The molecule has 1 aromatic carbocycles. The Balaban J connectivity index is 2.15. The van der Waals surface area contributed by atoms with Gasteiger partial charge in [-0.15, -0.1) is 0 Å². The highest BCUT2D eigenvalue weighted by Crippen LogP contribution is 2.51. The number of carbonyl (C=O) groups excluding carboxylic acids is 1. The van der Waals surface area contributed by atoms with Crippen LogP contribution in [0, 0.1) is 11.3 Å². The Kier molecular flexibility index (Phi) is 4.30. The summed E-state index contributed by atoms with van der Waals surface area (Å²) in [6.07, 6.45) is 2.34. The van der Waals surface area contributed by atoms with Gasteiger partial charge in [0, 0.05) is 12.6 Å². The maximum atomic E-state index is 12.4. The number of methoxy groups -OCH3 is 2. The first-order valence-corrected chi connectivity index (χ1v) is 7.23. The van der Waals surface area contributed by atoms with Crippen LogP contribution in [0.2, 0.25) is 0 Å². The second-order valence-electron chi connectivity index (χ2n) is 5.99. The van der Waals surface area contributed by atoms with E-state index >= 15 is 0 Å². The third-order valence-electron chi connectivity index (χ3n) is 4.53. The minimum atomic E-state index is -0.184. The number of benzene rings is 1. The molecule has 0 aromatic heterocycles. The van der Waals surface area contributed by atoms with Crippen molar-refractivity contribution in [2.45, 2.75) is 26.7 Å². The average Bonchev–Trinajstić information content (AvgIpc) is 3.26. The first kappa shape index (κ1) is 15.5. The van der Waals surface area contributed by atoms with Gasteiger partial charge in [-0.25, -0.2) is 0 Å². The molecule has 0 radical (unpaired) electrons. The second-order valence-corrected chi connectivity index (χ2v) is 5.99. The Morgan fingerprint density at radius 1 is 1.33 bits per heavy atom. The van der Waals surface area contributed by atoms with Crippen LogP contribution < -0.4 is 20.5 Å². The number of hydrogen-bond acceptors (Lipinski definition) is 4. The highest BCUT2D eigenvalue weighted by molar-refractivity contribution is 6.01. The zero-order valence-electron chi connectivity index (χ0n) is 13.2. The van der Waals surface area contributed by atoms with Crippen molar-refractivity contribution >= 4 is 11.6 Å². The van der Waals surface area contributed by atoms with Crippen molar-refractivity contribution in [2.24, 2.45) is 11.3 Å². The largest absolute Gasteiger partial charge is 0.497 e. The van der Waals surface area contributed by atoms with Gasteiger partial charge in [-0.05, 0) is 30.2 Å². The average molecular weight is 292 g/mol. The Morgan fingerprint density at radius 2 is 2.00 bits per heavy atom. The van der Waals surface area contributed by atoms with Crippen molar-refractivity contribution < 1.29 is 14.3 Å². The standard InChI is InChI=1S/C16H24N2O3/c1-10(2)16(5-6-16)9-18-15(19)12-7-11(20-3)8-13(21-4)14(12)17/h7-8,10H,5-6,9,17H2,1-4H3,(H,18,19). The molecule has 1 aromatic rings. The van der Waals surface area contributed by atoms with Gasteiger partial charge < -0.3 is 20.5 Å². The Bertz CT molecular complexity index is 537. The minimum Gasteiger partial charge on any atom is -0.497 e. The molecule has 3 N–H and O–H groups in total. The van der Waals surface area contributed by atoms with Crippen molar-refractivity contribution in [1.82, 2.24) is 5.32 Å². The molecule has 0 saturated heterocycles. The van der Waals surface area contributed by atoms with Crippen LogP contribution in [0.3, 0.4) is 0 Å². The molecule has 0 atom stereocenters. The number of hydrogen-bond donors (Lipinski definition) is 2. The van der Waals surface area contributed by atoms with Gasteiger partial charge in [0.25, 0.3) is 5.91 Å². The molecule has 0 spiro atoms. The Hall–Kier alpha value is -1.91. The zero-order valence-corrected chi connectivity index (χ0v) is 13.2. The Morgan fingerprint density at radius 3 is 2.48 bits per heavy atom. The van der Waals surface area contributed by atoms with Gasteiger partial charge in [0.2, 0.25) is 0 Å². The quantitative estimate of drug-likeness (QED) is 0.790. The predicted molar refractivity (Wildman–Crippen MR) is 82.8 cm³/mol. The van der Waals surface area contributed by atoms with Gasteiger partial charge in [-0.1, -0.05) is 13.8 Å². The van der Waals surface area contributed by atoms with E-state index in [-0.39, 0.29) is 11.3 Å². The minimum absolute atomic E-state index is 0.184. The molecule has 1 fully saturated rings. The van der Waals surface area contributed by atoms with E-state index in [1.165, 1.54) is 20.0 Å². The number of nitrogen functional groups attached to an aromatic ring is 1. The number of rotatable bonds is 6. The first-order valence-electron chi connectivity index (χ1n) is 7.23. The van der Waals surface area contributed by atoms with E-state index in [0.717, 1.165) is 0 Å². The lowest BCUT2D eigenvalue weighted by Crippen LogP contribution is -2.33. The van der Waals surface area contributed by atoms with E-state index in [4.69, 9.17) is 15.2 Å². The van der Waals surface area contributed by atoms with Crippen LogP contribution in [0.1, 0.15) is 37.0 Å². The molecule has 2 rings (SSSR count). The van der Waals surface area contributed by atoms with E-state index in [0.29, 0.717) is 35.2 Å². The van der Waals surface area contributed by atoms with Crippen LogP contribution in [-0.2, 0) is 0 Å². The molecular formula is C16H24N2O3. The van der Waals surface area contributed by atoms with Gasteiger partial charge in [0.05, 0.1) is 25.5 Å². The van der Waals surface area contributed by atoms with Crippen LogP contribution in [0.5, 0.6) is 11.5 Å². The fraction of sp³-hybridized carbons (Fsp3) is 0.562. The normalized spacial score (nSPS) is 15.7. The fourth-order valence-electron chi connectivity index (χ4n) is 2.55. The fourth-order valence-corrected chi connectivity index (χ4v) is 2.55. The van der Waals surface area contributed by atoms with Gasteiger partial charge in [0.15, 0.2) is 0 Å². The van der Waals surface area contributed by atoms with Crippen molar-refractivity contribution in [1.29, 1.82) is 0 Å². The lowest BCUT2D eigenvalue weighted by molar-refractivity contribution is 0.0940. The Labute approximate surface area is 125 Å². The maximum absolute atomic E-state index is 12.4. The predicted octanol–water partition coefficient (Wildman–Crippen LogP) is 2.45. The van der Waals surface area contributed by atoms with Crippen molar-refractivity contribution in [3.8, 4) is 11.5 Å². The molecule has 0 bridgehead atoms. The summed E-state index contributed by atoms with van der Waals surface area (Å²) in [4.78, 5) is 12.4. The number of amides is 1. The lowest BCUT2D eigenvalue weighted by Gasteiger charge is -2.20.